The lowest BCUT2D eigenvalue weighted by atomic mass is 9.91. The van der Waals surface area contributed by atoms with Gasteiger partial charge in [0, 0.05) is 0 Å². The number of rotatable bonds is 7. The summed E-state index contributed by atoms with van der Waals surface area (Å²) in [5, 5.41) is 17.5. The van der Waals surface area contributed by atoms with Crippen molar-refractivity contribution < 1.29 is 24.5 Å². The molecule has 0 amide bonds. The zero-order valence-electron chi connectivity index (χ0n) is 17.2. The van der Waals surface area contributed by atoms with Crippen LogP contribution in [0.3, 0.4) is 0 Å². The van der Waals surface area contributed by atoms with E-state index >= 15 is 0 Å². The Kier molecular flexibility index (Phi) is 8.71. The van der Waals surface area contributed by atoms with Crippen LogP contribution in [-0.2, 0) is 28.9 Å². The molecule has 3 rings (SSSR count). The molecular formula is C24H30O5. The number of aliphatic carboxylic acids is 2. The first-order chi connectivity index (χ1) is 13.9. The standard InChI is InChI=1S/C13H16O5.C11H14/c1-2-7-18-10-5-3-9(4-6-10)8-11(12(14)15)13(16)17;1-9-6-7-10-4-2-3-5-11(10)8-9/h3-6,11H,2,7-8H2,1H3,(H,14,15)(H,16,17);6-8H,2-5H2,1H3. The Morgan fingerprint density at radius 3 is 2.17 bits per heavy atom. The van der Waals surface area contributed by atoms with Gasteiger partial charge in [-0.15, -0.1) is 0 Å². The van der Waals surface area contributed by atoms with Gasteiger partial charge in [0.2, 0.25) is 0 Å². The van der Waals surface area contributed by atoms with Gasteiger partial charge in [-0.1, -0.05) is 42.8 Å². The lowest BCUT2D eigenvalue weighted by molar-refractivity contribution is -0.154. The molecular weight excluding hydrogens is 368 g/mol. The highest BCUT2D eigenvalue weighted by molar-refractivity contribution is 5.93. The van der Waals surface area contributed by atoms with Gasteiger partial charge in [-0.3, -0.25) is 9.59 Å². The van der Waals surface area contributed by atoms with Crippen LogP contribution in [0.4, 0.5) is 0 Å². The molecule has 1 aliphatic rings. The maximum Gasteiger partial charge on any atom is 0.318 e. The number of hydrogen-bond donors (Lipinski definition) is 2. The summed E-state index contributed by atoms with van der Waals surface area (Å²) in [6.07, 6.45) is 6.25. The number of carbonyl (C=O) groups is 2. The molecule has 0 saturated carbocycles. The number of ether oxygens (including phenoxy) is 1. The number of carboxylic acid groups (broad SMARTS) is 2. The molecule has 5 heteroatoms. The molecule has 0 aromatic heterocycles. The zero-order chi connectivity index (χ0) is 21.2. The zero-order valence-corrected chi connectivity index (χ0v) is 17.2. The van der Waals surface area contributed by atoms with Crippen molar-refractivity contribution in [1.29, 1.82) is 0 Å². The van der Waals surface area contributed by atoms with Crippen LogP contribution in [0.1, 0.15) is 48.4 Å². The van der Waals surface area contributed by atoms with Crippen LogP contribution in [0.15, 0.2) is 42.5 Å². The summed E-state index contributed by atoms with van der Waals surface area (Å²) in [6, 6.07) is 13.7. The summed E-state index contributed by atoms with van der Waals surface area (Å²) in [4.78, 5) is 21.5. The van der Waals surface area contributed by atoms with Gasteiger partial charge >= 0.3 is 11.9 Å². The van der Waals surface area contributed by atoms with Crippen LogP contribution < -0.4 is 4.74 Å². The molecule has 0 radical (unpaired) electrons. The molecule has 5 nitrogen and oxygen atoms in total. The minimum Gasteiger partial charge on any atom is -0.494 e. The maximum atomic E-state index is 10.7. The molecule has 1 aliphatic carbocycles. The first kappa shape index (κ1) is 22.5. The number of hydrogen-bond acceptors (Lipinski definition) is 3. The lowest BCUT2D eigenvalue weighted by Crippen LogP contribution is -2.25. The average molecular weight is 398 g/mol. The van der Waals surface area contributed by atoms with Crippen molar-refractivity contribution in [2.24, 2.45) is 5.92 Å². The fourth-order valence-electron chi connectivity index (χ4n) is 3.32. The Balaban J connectivity index is 0.000000230. The van der Waals surface area contributed by atoms with E-state index in [0.717, 1.165) is 6.42 Å². The fourth-order valence-corrected chi connectivity index (χ4v) is 3.32. The highest BCUT2D eigenvalue weighted by Crippen LogP contribution is 2.21. The van der Waals surface area contributed by atoms with Gasteiger partial charge in [-0.05, 0) is 74.3 Å². The fraction of sp³-hybridized carbons (Fsp3) is 0.417. The van der Waals surface area contributed by atoms with Crippen molar-refractivity contribution in [2.45, 2.75) is 52.4 Å². The lowest BCUT2D eigenvalue weighted by Gasteiger charge is -2.15. The number of benzene rings is 2. The minimum absolute atomic E-state index is 0.0290. The van der Waals surface area contributed by atoms with Crippen molar-refractivity contribution in [2.75, 3.05) is 6.61 Å². The molecule has 156 valence electrons. The molecule has 0 atom stereocenters. The summed E-state index contributed by atoms with van der Waals surface area (Å²) in [5.74, 6) is -3.36. The summed E-state index contributed by atoms with van der Waals surface area (Å²) in [7, 11) is 0. The van der Waals surface area contributed by atoms with Crippen LogP contribution in [0.25, 0.3) is 0 Å². The van der Waals surface area contributed by atoms with Crippen molar-refractivity contribution in [3.05, 3.63) is 64.7 Å². The Morgan fingerprint density at radius 2 is 1.59 bits per heavy atom. The predicted molar refractivity (Wildman–Crippen MR) is 113 cm³/mol. The van der Waals surface area contributed by atoms with E-state index in [9.17, 15) is 9.59 Å². The monoisotopic (exact) mass is 398 g/mol. The van der Waals surface area contributed by atoms with Crippen molar-refractivity contribution in [1.82, 2.24) is 0 Å². The Hall–Kier alpha value is -2.82. The molecule has 0 spiro atoms. The van der Waals surface area contributed by atoms with Gasteiger partial charge in [-0.2, -0.15) is 0 Å². The molecule has 2 N–H and O–H groups in total. The maximum absolute atomic E-state index is 10.7. The number of carboxylic acids is 2. The molecule has 0 heterocycles. The number of fused-ring (bicyclic) bond motifs is 1. The van der Waals surface area contributed by atoms with E-state index in [1.54, 1.807) is 35.4 Å². The van der Waals surface area contributed by atoms with Crippen LogP contribution in [0, 0.1) is 12.8 Å². The Morgan fingerprint density at radius 1 is 0.966 bits per heavy atom. The van der Waals surface area contributed by atoms with Gasteiger partial charge in [0.15, 0.2) is 5.92 Å². The highest BCUT2D eigenvalue weighted by atomic mass is 16.5. The van der Waals surface area contributed by atoms with E-state index in [-0.39, 0.29) is 6.42 Å². The highest BCUT2D eigenvalue weighted by Gasteiger charge is 2.25. The van der Waals surface area contributed by atoms with E-state index in [0.29, 0.717) is 17.9 Å². The first-order valence-electron chi connectivity index (χ1n) is 10.2. The second-order valence-electron chi connectivity index (χ2n) is 7.40. The van der Waals surface area contributed by atoms with Crippen molar-refractivity contribution >= 4 is 11.9 Å². The summed E-state index contributed by atoms with van der Waals surface area (Å²) < 4.78 is 5.38. The van der Waals surface area contributed by atoms with Gasteiger partial charge in [0.05, 0.1) is 6.61 Å². The summed E-state index contributed by atoms with van der Waals surface area (Å²) in [6.45, 7) is 4.79. The van der Waals surface area contributed by atoms with E-state index in [4.69, 9.17) is 14.9 Å². The Labute approximate surface area is 172 Å². The second-order valence-corrected chi connectivity index (χ2v) is 7.40. The van der Waals surface area contributed by atoms with Crippen LogP contribution >= 0.6 is 0 Å². The molecule has 0 saturated heterocycles. The van der Waals surface area contributed by atoms with Crippen molar-refractivity contribution in [3.63, 3.8) is 0 Å². The van der Waals surface area contributed by atoms with Crippen LogP contribution in [-0.4, -0.2) is 28.8 Å². The van der Waals surface area contributed by atoms with Gasteiger partial charge in [0.1, 0.15) is 5.75 Å². The normalized spacial score (nSPS) is 12.5. The first-order valence-corrected chi connectivity index (χ1v) is 10.2. The van der Waals surface area contributed by atoms with Crippen LogP contribution in [0.2, 0.25) is 0 Å². The topological polar surface area (TPSA) is 83.8 Å². The second kappa shape index (κ2) is 11.2. The third-order valence-corrected chi connectivity index (χ3v) is 4.94. The van der Waals surface area contributed by atoms with Gasteiger partial charge in [-0.25, -0.2) is 0 Å². The summed E-state index contributed by atoms with van der Waals surface area (Å²) in [5.41, 5.74) is 5.25. The molecule has 2 aromatic rings. The molecule has 0 bridgehead atoms. The minimum atomic E-state index is -1.41. The van der Waals surface area contributed by atoms with E-state index in [2.05, 4.69) is 25.1 Å². The van der Waals surface area contributed by atoms with E-state index in [1.165, 1.54) is 31.2 Å². The van der Waals surface area contributed by atoms with Crippen molar-refractivity contribution in [3.8, 4) is 5.75 Å². The third-order valence-electron chi connectivity index (χ3n) is 4.94. The molecule has 0 fully saturated rings. The molecule has 0 aliphatic heterocycles. The van der Waals surface area contributed by atoms with Crippen LogP contribution in [0.5, 0.6) is 5.75 Å². The molecule has 2 aromatic carbocycles. The summed E-state index contributed by atoms with van der Waals surface area (Å²) >= 11 is 0. The third kappa shape index (κ3) is 7.26. The smallest absolute Gasteiger partial charge is 0.318 e. The predicted octanol–water partition coefficient (Wildman–Crippen LogP) is 4.68. The molecule has 29 heavy (non-hydrogen) atoms. The molecule has 0 unspecified atom stereocenters. The SMILES string of the molecule is CCCOc1ccc(CC(C(=O)O)C(=O)O)cc1.Cc1ccc2c(c1)CCCC2. The largest absolute Gasteiger partial charge is 0.494 e. The van der Waals surface area contributed by atoms with E-state index in [1.807, 2.05) is 6.92 Å². The Bertz CT molecular complexity index is 797. The van der Waals surface area contributed by atoms with E-state index < -0.39 is 17.9 Å². The van der Waals surface area contributed by atoms with Gasteiger partial charge in [0.25, 0.3) is 0 Å². The quantitative estimate of drug-likeness (QED) is 0.662. The number of aryl methyl sites for hydroxylation is 3. The van der Waals surface area contributed by atoms with Gasteiger partial charge < -0.3 is 14.9 Å². The average Bonchev–Trinajstić information content (AvgIpc) is 2.71.